The highest BCUT2D eigenvalue weighted by molar-refractivity contribution is 6.30. The van der Waals surface area contributed by atoms with Gasteiger partial charge >= 0.3 is 0 Å². The average molecular weight is 266 g/mol. The predicted octanol–water partition coefficient (Wildman–Crippen LogP) is 4.10. The van der Waals surface area contributed by atoms with Crippen LogP contribution >= 0.6 is 11.6 Å². The number of hydrogen-bond donors (Lipinski definition) is 1. The Bertz CT molecular complexity index is 528. The molecule has 18 heavy (non-hydrogen) atoms. The zero-order valence-corrected chi connectivity index (χ0v) is 10.7. The van der Waals surface area contributed by atoms with Crippen molar-refractivity contribution in [3.8, 4) is 5.75 Å². The molecule has 0 aliphatic carbocycles. The van der Waals surface area contributed by atoms with E-state index in [9.17, 15) is 4.39 Å². The molecule has 2 aromatic carbocycles. The second kappa shape index (κ2) is 5.74. The van der Waals surface area contributed by atoms with Crippen LogP contribution in [0.3, 0.4) is 0 Å². The maximum absolute atomic E-state index is 13.2. The summed E-state index contributed by atoms with van der Waals surface area (Å²) in [6.45, 7) is 0.312. The molecule has 2 rings (SSSR count). The van der Waals surface area contributed by atoms with Crippen LogP contribution in [0.5, 0.6) is 5.75 Å². The number of rotatable bonds is 4. The smallest absolute Gasteiger partial charge is 0.142 e. The fourth-order valence-corrected chi connectivity index (χ4v) is 1.63. The monoisotopic (exact) mass is 265 g/mol. The van der Waals surface area contributed by atoms with Gasteiger partial charge in [-0.15, -0.1) is 0 Å². The van der Waals surface area contributed by atoms with Gasteiger partial charge in [-0.2, -0.15) is 0 Å². The number of ether oxygens (including phenoxy) is 1. The van der Waals surface area contributed by atoms with Crippen LogP contribution < -0.4 is 10.1 Å². The highest BCUT2D eigenvalue weighted by atomic mass is 35.5. The third kappa shape index (κ3) is 3.14. The summed E-state index contributed by atoms with van der Waals surface area (Å²) in [7, 11) is 1.85. The van der Waals surface area contributed by atoms with Crippen molar-refractivity contribution in [3.05, 3.63) is 58.9 Å². The molecule has 0 aliphatic rings. The minimum Gasteiger partial charge on any atom is -0.489 e. The molecule has 0 unspecified atom stereocenters. The van der Waals surface area contributed by atoms with Gasteiger partial charge in [0, 0.05) is 12.7 Å². The van der Waals surface area contributed by atoms with Crippen LogP contribution in [-0.2, 0) is 6.61 Å². The lowest BCUT2D eigenvalue weighted by Crippen LogP contribution is -1.96. The summed E-state index contributed by atoms with van der Waals surface area (Å²) in [5, 5.41) is 3.14. The second-order valence-corrected chi connectivity index (χ2v) is 4.22. The zero-order chi connectivity index (χ0) is 13.0. The topological polar surface area (TPSA) is 21.3 Å². The summed E-state index contributed by atoms with van der Waals surface area (Å²) < 4.78 is 18.8. The summed E-state index contributed by atoms with van der Waals surface area (Å²) in [6.07, 6.45) is 0. The van der Waals surface area contributed by atoms with Crippen molar-refractivity contribution in [2.24, 2.45) is 0 Å². The van der Waals surface area contributed by atoms with E-state index in [0.29, 0.717) is 6.61 Å². The van der Waals surface area contributed by atoms with Crippen molar-refractivity contribution < 1.29 is 9.13 Å². The van der Waals surface area contributed by atoms with E-state index >= 15 is 0 Å². The molecule has 2 aromatic rings. The van der Waals surface area contributed by atoms with Crippen LogP contribution in [0.4, 0.5) is 10.1 Å². The minimum absolute atomic E-state index is 0.122. The van der Waals surface area contributed by atoms with Gasteiger partial charge in [0.15, 0.2) is 0 Å². The second-order valence-electron chi connectivity index (χ2n) is 3.81. The van der Waals surface area contributed by atoms with Gasteiger partial charge in [0.2, 0.25) is 0 Å². The van der Waals surface area contributed by atoms with Crippen LogP contribution in [0.2, 0.25) is 5.02 Å². The Morgan fingerprint density at radius 3 is 2.50 bits per heavy atom. The molecule has 0 radical (unpaired) electrons. The molecule has 0 atom stereocenters. The van der Waals surface area contributed by atoms with E-state index in [-0.39, 0.29) is 5.02 Å². The Kier molecular flexibility index (Phi) is 4.05. The molecule has 94 valence electrons. The van der Waals surface area contributed by atoms with Gasteiger partial charge in [0.1, 0.15) is 18.2 Å². The van der Waals surface area contributed by atoms with Crippen LogP contribution in [0.25, 0.3) is 0 Å². The first kappa shape index (κ1) is 12.7. The van der Waals surface area contributed by atoms with Crippen molar-refractivity contribution in [2.75, 3.05) is 12.4 Å². The van der Waals surface area contributed by atoms with Gasteiger partial charge < -0.3 is 10.1 Å². The van der Waals surface area contributed by atoms with Crippen molar-refractivity contribution in [1.29, 1.82) is 0 Å². The third-order valence-electron chi connectivity index (χ3n) is 2.53. The van der Waals surface area contributed by atoms with Crippen LogP contribution in [0, 0.1) is 5.82 Å². The number of benzene rings is 2. The van der Waals surface area contributed by atoms with E-state index < -0.39 is 5.82 Å². The molecule has 0 bridgehead atoms. The SMILES string of the molecule is CNc1ccc(OCc2ccc(Cl)c(F)c2)cc1. The standard InChI is InChI=1S/C14H13ClFNO/c1-17-11-3-5-12(6-4-11)18-9-10-2-7-13(15)14(16)8-10/h2-8,17H,9H2,1H3. The molecule has 0 spiro atoms. The molecule has 2 nitrogen and oxygen atoms in total. The lowest BCUT2D eigenvalue weighted by atomic mass is 10.2. The molecular weight excluding hydrogens is 253 g/mol. The molecule has 0 fully saturated rings. The number of anilines is 1. The van der Waals surface area contributed by atoms with Gasteiger partial charge in [-0.25, -0.2) is 4.39 Å². The first-order valence-corrected chi connectivity index (χ1v) is 5.91. The first-order valence-electron chi connectivity index (χ1n) is 5.53. The zero-order valence-electron chi connectivity index (χ0n) is 9.91. The fraction of sp³-hybridized carbons (Fsp3) is 0.143. The maximum atomic E-state index is 13.2. The molecule has 0 aliphatic heterocycles. The summed E-state index contributed by atoms with van der Waals surface area (Å²) >= 11 is 5.61. The lowest BCUT2D eigenvalue weighted by molar-refractivity contribution is 0.305. The van der Waals surface area contributed by atoms with Crippen molar-refractivity contribution >= 4 is 17.3 Å². The van der Waals surface area contributed by atoms with E-state index in [1.54, 1.807) is 6.07 Å². The lowest BCUT2D eigenvalue weighted by Gasteiger charge is -2.07. The Balaban J connectivity index is 1.99. The average Bonchev–Trinajstić information content (AvgIpc) is 2.41. The Morgan fingerprint density at radius 2 is 1.89 bits per heavy atom. The van der Waals surface area contributed by atoms with E-state index in [2.05, 4.69) is 5.32 Å². The normalized spacial score (nSPS) is 10.2. The Morgan fingerprint density at radius 1 is 1.17 bits per heavy atom. The number of hydrogen-bond acceptors (Lipinski definition) is 2. The van der Waals surface area contributed by atoms with E-state index in [1.807, 2.05) is 31.3 Å². The number of nitrogens with one attached hydrogen (secondary N) is 1. The highest BCUT2D eigenvalue weighted by Crippen LogP contribution is 2.19. The third-order valence-corrected chi connectivity index (χ3v) is 2.84. The van der Waals surface area contributed by atoms with E-state index in [1.165, 1.54) is 12.1 Å². The Labute approximate surface area is 110 Å². The maximum Gasteiger partial charge on any atom is 0.142 e. The summed E-state index contributed by atoms with van der Waals surface area (Å²) in [4.78, 5) is 0. The van der Waals surface area contributed by atoms with Gasteiger partial charge in [-0.05, 0) is 42.0 Å². The van der Waals surface area contributed by atoms with E-state index in [0.717, 1.165) is 17.0 Å². The van der Waals surface area contributed by atoms with Crippen LogP contribution in [0.1, 0.15) is 5.56 Å². The molecule has 0 aromatic heterocycles. The fourth-order valence-electron chi connectivity index (χ4n) is 1.51. The molecule has 0 saturated heterocycles. The minimum atomic E-state index is -0.428. The Hall–Kier alpha value is -1.74. The molecule has 0 saturated carbocycles. The molecule has 0 heterocycles. The van der Waals surface area contributed by atoms with Crippen molar-refractivity contribution in [2.45, 2.75) is 6.61 Å². The summed E-state index contributed by atoms with van der Waals surface area (Å²) in [5.41, 5.74) is 1.76. The molecular formula is C14H13ClFNO. The first-order chi connectivity index (χ1) is 8.69. The van der Waals surface area contributed by atoms with Gasteiger partial charge in [-0.1, -0.05) is 17.7 Å². The molecule has 1 N–H and O–H groups in total. The van der Waals surface area contributed by atoms with Crippen molar-refractivity contribution in [3.63, 3.8) is 0 Å². The molecule has 0 amide bonds. The van der Waals surface area contributed by atoms with Gasteiger partial charge in [0.05, 0.1) is 5.02 Å². The number of halogens is 2. The quantitative estimate of drug-likeness (QED) is 0.899. The summed E-state index contributed by atoms with van der Waals surface area (Å²) in [6, 6.07) is 12.2. The van der Waals surface area contributed by atoms with Gasteiger partial charge in [0.25, 0.3) is 0 Å². The molecule has 4 heteroatoms. The predicted molar refractivity (Wildman–Crippen MR) is 71.7 cm³/mol. The van der Waals surface area contributed by atoms with E-state index in [4.69, 9.17) is 16.3 Å². The van der Waals surface area contributed by atoms with Crippen LogP contribution in [0.15, 0.2) is 42.5 Å². The largest absolute Gasteiger partial charge is 0.489 e. The van der Waals surface area contributed by atoms with Gasteiger partial charge in [-0.3, -0.25) is 0 Å². The summed E-state index contributed by atoms with van der Waals surface area (Å²) in [5.74, 6) is 0.313. The van der Waals surface area contributed by atoms with Crippen LogP contribution in [-0.4, -0.2) is 7.05 Å². The highest BCUT2D eigenvalue weighted by Gasteiger charge is 2.02. The van der Waals surface area contributed by atoms with Crippen molar-refractivity contribution in [1.82, 2.24) is 0 Å².